The Balaban J connectivity index is 2.43. The maximum Gasteiger partial charge on any atom is 0.335 e. The lowest BCUT2D eigenvalue weighted by molar-refractivity contribution is 0.0696. The molecule has 1 heterocycles. The Morgan fingerprint density at radius 2 is 2.10 bits per heavy atom. The van der Waals surface area contributed by atoms with E-state index in [1.54, 1.807) is 6.92 Å². The molecule has 0 amide bonds. The molecule has 0 fully saturated rings. The van der Waals surface area contributed by atoms with Gasteiger partial charge in [-0.2, -0.15) is 0 Å². The van der Waals surface area contributed by atoms with Crippen LogP contribution in [-0.2, 0) is 15.6 Å². The highest BCUT2D eigenvalue weighted by Crippen LogP contribution is 2.26. The van der Waals surface area contributed by atoms with Crippen LogP contribution in [0.2, 0.25) is 0 Å². The first-order valence-corrected chi connectivity index (χ1v) is 7.92. The van der Waals surface area contributed by atoms with E-state index in [-0.39, 0.29) is 22.0 Å². The summed E-state index contributed by atoms with van der Waals surface area (Å²) in [6, 6.07) is 5.35. The second-order valence-corrected chi connectivity index (χ2v) is 6.96. The van der Waals surface area contributed by atoms with Gasteiger partial charge in [0, 0.05) is 10.5 Å². The zero-order chi connectivity index (χ0) is 14.9. The van der Waals surface area contributed by atoms with Gasteiger partial charge in [-0.3, -0.25) is 0 Å². The van der Waals surface area contributed by atoms with E-state index in [1.807, 2.05) is 0 Å². The minimum absolute atomic E-state index is 0.0912. The number of aromatic carboxylic acids is 1. The van der Waals surface area contributed by atoms with Crippen LogP contribution in [0.3, 0.4) is 0 Å². The van der Waals surface area contributed by atoms with Crippen LogP contribution in [0.1, 0.15) is 21.8 Å². The lowest BCUT2D eigenvalue weighted by Crippen LogP contribution is -2.07. The normalized spacial score (nSPS) is 11.5. The van der Waals surface area contributed by atoms with Crippen LogP contribution in [0.15, 0.2) is 38.2 Å². The van der Waals surface area contributed by atoms with Crippen LogP contribution in [0.5, 0.6) is 0 Å². The molecule has 0 bridgehead atoms. The first-order chi connectivity index (χ1) is 9.29. The zero-order valence-electron chi connectivity index (χ0n) is 10.3. The quantitative estimate of drug-likeness (QED) is 0.899. The van der Waals surface area contributed by atoms with E-state index < -0.39 is 15.8 Å². The molecule has 20 heavy (non-hydrogen) atoms. The van der Waals surface area contributed by atoms with E-state index in [2.05, 4.69) is 21.1 Å². The fourth-order valence-electron chi connectivity index (χ4n) is 1.62. The second-order valence-electron chi connectivity index (χ2n) is 4.14. The number of rotatable bonds is 4. The Kier molecular flexibility index (Phi) is 3.96. The SMILES string of the molecule is Cc1cc(CS(=O)(=O)c2cc(C(=O)O)ccc2Br)on1. The standard InChI is InChI=1S/C12H10BrNO5S/c1-7-4-9(19-14-7)6-20(17,18)11-5-8(12(15)16)2-3-10(11)13/h2-5H,6H2,1H3,(H,15,16). The predicted octanol–water partition coefficient (Wildman–Crippen LogP) is 2.42. The molecule has 1 aromatic heterocycles. The summed E-state index contributed by atoms with van der Waals surface area (Å²) in [6.07, 6.45) is 0. The second kappa shape index (κ2) is 5.37. The van der Waals surface area contributed by atoms with Gasteiger partial charge in [0.2, 0.25) is 0 Å². The molecule has 0 aliphatic heterocycles. The monoisotopic (exact) mass is 359 g/mol. The van der Waals surface area contributed by atoms with Gasteiger partial charge in [-0.05, 0) is 41.1 Å². The minimum Gasteiger partial charge on any atom is -0.478 e. The number of aryl methyl sites for hydroxylation is 1. The molecule has 0 saturated heterocycles. The summed E-state index contributed by atoms with van der Waals surface area (Å²) in [4.78, 5) is 10.8. The van der Waals surface area contributed by atoms with E-state index in [1.165, 1.54) is 18.2 Å². The van der Waals surface area contributed by atoms with Crippen LogP contribution in [0.25, 0.3) is 0 Å². The van der Waals surface area contributed by atoms with Crippen molar-refractivity contribution in [2.75, 3.05) is 0 Å². The summed E-state index contributed by atoms with van der Waals surface area (Å²) in [5, 5.41) is 12.5. The van der Waals surface area contributed by atoms with E-state index in [0.717, 1.165) is 6.07 Å². The Morgan fingerprint density at radius 3 is 2.65 bits per heavy atom. The van der Waals surface area contributed by atoms with E-state index in [4.69, 9.17) is 9.63 Å². The highest BCUT2D eigenvalue weighted by atomic mass is 79.9. The van der Waals surface area contributed by atoms with Crippen molar-refractivity contribution in [3.05, 3.63) is 45.8 Å². The minimum atomic E-state index is -3.73. The van der Waals surface area contributed by atoms with Crippen LogP contribution in [-0.4, -0.2) is 24.7 Å². The van der Waals surface area contributed by atoms with Crippen molar-refractivity contribution >= 4 is 31.7 Å². The number of carboxylic acids is 1. The van der Waals surface area contributed by atoms with Crippen molar-refractivity contribution in [2.24, 2.45) is 0 Å². The largest absolute Gasteiger partial charge is 0.478 e. The Morgan fingerprint density at radius 1 is 1.40 bits per heavy atom. The summed E-state index contributed by atoms with van der Waals surface area (Å²) >= 11 is 3.12. The molecule has 106 valence electrons. The summed E-state index contributed by atoms with van der Waals surface area (Å²) in [5.74, 6) is -1.37. The molecule has 0 aliphatic carbocycles. The number of benzene rings is 1. The van der Waals surface area contributed by atoms with Crippen molar-refractivity contribution < 1.29 is 22.8 Å². The molecule has 0 radical (unpaired) electrons. The summed E-state index contributed by atoms with van der Waals surface area (Å²) in [7, 11) is -3.73. The molecule has 0 spiro atoms. The Bertz CT molecular complexity index is 766. The highest BCUT2D eigenvalue weighted by Gasteiger charge is 2.22. The third kappa shape index (κ3) is 3.07. The third-order valence-electron chi connectivity index (χ3n) is 2.52. The van der Waals surface area contributed by atoms with E-state index in [9.17, 15) is 13.2 Å². The molecule has 8 heteroatoms. The number of hydrogen-bond acceptors (Lipinski definition) is 5. The van der Waals surface area contributed by atoms with Gasteiger partial charge in [0.15, 0.2) is 15.6 Å². The van der Waals surface area contributed by atoms with Crippen molar-refractivity contribution in [1.29, 1.82) is 0 Å². The van der Waals surface area contributed by atoms with Gasteiger partial charge >= 0.3 is 5.97 Å². The molecule has 1 aromatic carbocycles. The molecule has 0 atom stereocenters. The maximum absolute atomic E-state index is 12.3. The van der Waals surface area contributed by atoms with Crippen LogP contribution in [0, 0.1) is 6.92 Å². The molecule has 6 nitrogen and oxygen atoms in total. The average Bonchev–Trinajstić information content (AvgIpc) is 2.73. The Labute approximate surface area is 123 Å². The molecule has 2 rings (SSSR count). The summed E-state index contributed by atoms with van der Waals surface area (Å²) < 4.78 is 29.8. The lowest BCUT2D eigenvalue weighted by Gasteiger charge is -2.06. The van der Waals surface area contributed by atoms with Gasteiger partial charge in [-0.1, -0.05) is 5.16 Å². The number of hydrogen-bond donors (Lipinski definition) is 1. The Hall–Kier alpha value is -1.67. The van der Waals surface area contributed by atoms with Crippen LogP contribution >= 0.6 is 15.9 Å². The molecule has 0 saturated carbocycles. The smallest absolute Gasteiger partial charge is 0.335 e. The summed E-state index contributed by atoms with van der Waals surface area (Å²) in [6.45, 7) is 1.68. The molecule has 0 aliphatic rings. The first kappa shape index (κ1) is 14.7. The van der Waals surface area contributed by atoms with Crippen LogP contribution < -0.4 is 0 Å². The van der Waals surface area contributed by atoms with Gasteiger partial charge in [0.05, 0.1) is 16.2 Å². The van der Waals surface area contributed by atoms with Crippen molar-refractivity contribution in [1.82, 2.24) is 5.16 Å². The fraction of sp³-hybridized carbons (Fsp3) is 0.167. The van der Waals surface area contributed by atoms with Gasteiger partial charge in [0.1, 0.15) is 5.75 Å². The number of aromatic nitrogens is 1. The van der Waals surface area contributed by atoms with Crippen molar-refractivity contribution in [2.45, 2.75) is 17.6 Å². The zero-order valence-corrected chi connectivity index (χ0v) is 12.7. The number of carboxylic acid groups (broad SMARTS) is 1. The van der Waals surface area contributed by atoms with Gasteiger partial charge in [-0.25, -0.2) is 13.2 Å². The van der Waals surface area contributed by atoms with Crippen LogP contribution in [0.4, 0.5) is 0 Å². The molecular formula is C12H10BrNO5S. The molecule has 1 N–H and O–H groups in total. The van der Waals surface area contributed by atoms with Crippen molar-refractivity contribution in [3.63, 3.8) is 0 Å². The van der Waals surface area contributed by atoms with E-state index in [0.29, 0.717) is 10.2 Å². The summed E-state index contributed by atoms with van der Waals surface area (Å²) in [5.41, 5.74) is 0.481. The molecular weight excluding hydrogens is 350 g/mol. The molecule has 0 unspecified atom stereocenters. The third-order valence-corrected chi connectivity index (χ3v) is 5.15. The fourth-order valence-corrected chi connectivity index (χ4v) is 3.95. The topological polar surface area (TPSA) is 97.5 Å². The number of nitrogens with zero attached hydrogens (tertiary/aromatic N) is 1. The van der Waals surface area contributed by atoms with Gasteiger partial charge in [0.25, 0.3) is 0 Å². The van der Waals surface area contributed by atoms with Crippen molar-refractivity contribution in [3.8, 4) is 0 Å². The lowest BCUT2D eigenvalue weighted by atomic mass is 10.2. The highest BCUT2D eigenvalue weighted by molar-refractivity contribution is 9.10. The number of halogens is 1. The maximum atomic E-state index is 12.3. The van der Waals surface area contributed by atoms with E-state index >= 15 is 0 Å². The van der Waals surface area contributed by atoms with Gasteiger partial charge < -0.3 is 9.63 Å². The molecule has 2 aromatic rings. The average molecular weight is 360 g/mol. The first-order valence-electron chi connectivity index (χ1n) is 5.47. The number of sulfone groups is 1. The predicted molar refractivity (Wildman–Crippen MR) is 73.2 cm³/mol. The van der Waals surface area contributed by atoms with Gasteiger partial charge in [-0.15, -0.1) is 0 Å². The number of carbonyl (C=O) groups is 1.